The Kier molecular flexibility index (Phi) is 7.25. The van der Waals surface area contributed by atoms with Crippen LogP contribution in [0, 0.1) is 5.41 Å². The number of rotatable bonds is 9. The highest BCUT2D eigenvalue weighted by Crippen LogP contribution is 2.37. The topological polar surface area (TPSA) is 21.3 Å². The van der Waals surface area contributed by atoms with E-state index >= 15 is 0 Å². The summed E-state index contributed by atoms with van der Waals surface area (Å²) in [7, 11) is 0. The van der Waals surface area contributed by atoms with Crippen molar-refractivity contribution in [2.75, 3.05) is 13.1 Å². The zero-order valence-electron chi connectivity index (χ0n) is 12.9. The molecule has 0 aromatic heterocycles. The molecule has 0 radical (unpaired) electrons. The molecule has 108 valence electrons. The molecule has 18 heavy (non-hydrogen) atoms. The molecule has 1 N–H and O–H groups in total. The molecule has 3 atom stereocenters. The van der Waals surface area contributed by atoms with Crippen LogP contribution in [-0.2, 0) is 4.74 Å². The summed E-state index contributed by atoms with van der Waals surface area (Å²) in [4.78, 5) is 0. The molecule has 1 aliphatic heterocycles. The van der Waals surface area contributed by atoms with Gasteiger partial charge in [-0.15, -0.1) is 0 Å². The van der Waals surface area contributed by atoms with Gasteiger partial charge in [-0.2, -0.15) is 0 Å². The highest BCUT2D eigenvalue weighted by Gasteiger charge is 2.33. The third-order valence-electron chi connectivity index (χ3n) is 4.54. The third-order valence-corrected chi connectivity index (χ3v) is 4.54. The second kappa shape index (κ2) is 8.16. The zero-order chi connectivity index (χ0) is 13.4. The SMILES string of the molecule is CCCCC(CC)(CNCC)CC1CCC(C)O1. The van der Waals surface area contributed by atoms with Crippen molar-refractivity contribution in [1.82, 2.24) is 5.32 Å². The van der Waals surface area contributed by atoms with Crippen LogP contribution in [-0.4, -0.2) is 25.3 Å². The number of nitrogens with one attached hydrogen (secondary N) is 1. The first-order valence-corrected chi connectivity index (χ1v) is 8.02. The van der Waals surface area contributed by atoms with Crippen LogP contribution in [0.4, 0.5) is 0 Å². The maximum atomic E-state index is 6.05. The second-order valence-electron chi connectivity index (χ2n) is 6.09. The summed E-state index contributed by atoms with van der Waals surface area (Å²) in [6.07, 6.45) is 10.0. The lowest BCUT2D eigenvalue weighted by Gasteiger charge is -2.35. The molecular formula is C16H33NO. The molecule has 0 aliphatic carbocycles. The van der Waals surface area contributed by atoms with E-state index < -0.39 is 0 Å². The minimum Gasteiger partial charge on any atom is -0.375 e. The lowest BCUT2D eigenvalue weighted by atomic mass is 9.75. The summed E-state index contributed by atoms with van der Waals surface area (Å²) in [5.41, 5.74) is 0.459. The van der Waals surface area contributed by atoms with Gasteiger partial charge in [-0.25, -0.2) is 0 Å². The van der Waals surface area contributed by atoms with E-state index in [2.05, 4.69) is 33.0 Å². The first-order valence-electron chi connectivity index (χ1n) is 8.02. The Hall–Kier alpha value is -0.0800. The van der Waals surface area contributed by atoms with Crippen molar-refractivity contribution in [3.05, 3.63) is 0 Å². The molecule has 0 bridgehead atoms. The van der Waals surface area contributed by atoms with Gasteiger partial charge in [0.15, 0.2) is 0 Å². The Morgan fingerprint density at radius 1 is 1.22 bits per heavy atom. The summed E-state index contributed by atoms with van der Waals surface area (Å²) >= 11 is 0. The first-order chi connectivity index (χ1) is 8.65. The fourth-order valence-corrected chi connectivity index (χ4v) is 3.17. The summed E-state index contributed by atoms with van der Waals surface area (Å²) < 4.78 is 6.05. The van der Waals surface area contributed by atoms with Gasteiger partial charge < -0.3 is 10.1 Å². The standard InChI is InChI=1S/C16H33NO/c1-5-8-11-16(6-2,13-17-7-3)12-15-10-9-14(4)18-15/h14-15,17H,5-13H2,1-4H3. The van der Waals surface area contributed by atoms with Gasteiger partial charge in [0, 0.05) is 6.54 Å². The molecule has 1 heterocycles. The van der Waals surface area contributed by atoms with Crippen molar-refractivity contribution >= 4 is 0 Å². The number of hydrogen-bond donors (Lipinski definition) is 1. The predicted molar refractivity (Wildman–Crippen MR) is 79.0 cm³/mol. The Morgan fingerprint density at radius 3 is 2.50 bits per heavy atom. The van der Waals surface area contributed by atoms with E-state index in [0.717, 1.165) is 13.1 Å². The van der Waals surface area contributed by atoms with Gasteiger partial charge in [0.05, 0.1) is 12.2 Å². The van der Waals surface area contributed by atoms with Gasteiger partial charge in [0.2, 0.25) is 0 Å². The van der Waals surface area contributed by atoms with Crippen LogP contribution in [0.25, 0.3) is 0 Å². The Bertz CT molecular complexity index is 209. The molecule has 0 aromatic carbocycles. The lowest BCUT2D eigenvalue weighted by molar-refractivity contribution is 0.0171. The van der Waals surface area contributed by atoms with Crippen LogP contribution in [0.5, 0.6) is 0 Å². The fraction of sp³-hybridized carbons (Fsp3) is 1.00. The van der Waals surface area contributed by atoms with E-state index in [4.69, 9.17) is 4.74 Å². The molecule has 1 fully saturated rings. The van der Waals surface area contributed by atoms with Crippen molar-refractivity contribution in [2.45, 2.75) is 84.8 Å². The van der Waals surface area contributed by atoms with Crippen molar-refractivity contribution in [3.8, 4) is 0 Å². The number of ether oxygens (including phenoxy) is 1. The fourth-order valence-electron chi connectivity index (χ4n) is 3.17. The normalized spacial score (nSPS) is 27.3. The van der Waals surface area contributed by atoms with E-state index in [1.54, 1.807) is 0 Å². The van der Waals surface area contributed by atoms with Gasteiger partial charge >= 0.3 is 0 Å². The van der Waals surface area contributed by atoms with Crippen molar-refractivity contribution in [1.29, 1.82) is 0 Å². The third kappa shape index (κ3) is 4.89. The van der Waals surface area contributed by atoms with E-state index in [-0.39, 0.29) is 0 Å². The number of unbranched alkanes of at least 4 members (excludes halogenated alkanes) is 1. The minimum atomic E-state index is 0.459. The average Bonchev–Trinajstić information content (AvgIpc) is 2.78. The summed E-state index contributed by atoms with van der Waals surface area (Å²) in [5, 5.41) is 3.58. The Morgan fingerprint density at radius 2 is 2.00 bits per heavy atom. The van der Waals surface area contributed by atoms with Crippen LogP contribution >= 0.6 is 0 Å². The molecule has 2 heteroatoms. The van der Waals surface area contributed by atoms with Crippen LogP contribution in [0.3, 0.4) is 0 Å². The van der Waals surface area contributed by atoms with E-state index in [9.17, 15) is 0 Å². The molecule has 2 nitrogen and oxygen atoms in total. The zero-order valence-corrected chi connectivity index (χ0v) is 12.9. The molecule has 0 saturated carbocycles. The quantitative estimate of drug-likeness (QED) is 0.668. The monoisotopic (exact) mass is 255 g/mol. The number of hydrogen-bond acceptors (Lipinski definition) is 2. The highest BCUT2D eigenvalue weighted by atomic mass is 16.5. The predicted octanol–water partition coefficient (Wildman–Crippen LogP) is 4.14. The molecule has 0 spiro atoms. The van der Waals surface area contributed by atoms with Gasteiger partial charge in [-0.05, 0) is 51.0 Å². The van der Waals surface area contributed by atoms with E-state index in [1.807, 2.05) is 0 Å². The molecule has 1 aliphatic rings. The average molecular weight is 255 g/mol. The van der Waals surface area contributed by atoms with Crippen molar-refractivity contribution in [2.24, 2.45) is 5.41 Å². The van der Waals surface area contributed by atoms with Crippen LogP contribution < -0.4 is 5.32 Å². The maximum absolute atomic E-state index is 6.05. The minimum absolute atomic E-state index is 0.459. The molecule has 3 unspecified atom stereocenters. The maximum Gasteiger partial charge on any atom is 0.0585 e. The van der Waals surface area contributed by atoms with Gasteiger partial charge in [-0.3, -0.25) is 0 Å². The summed E-state index contributed by atoms with van der Waals surface area (Å²) in [6.45, 7) is 11.3. The smallest absolute Gasteiger partial charge is 0.0585 e. The van der Waals surface area contributed by atoms with Crippen LogP contribution in [0.1, 0.15) is 72.6 Å². The molecular weight excluding hydrogens is 222 g/mol. The molecule has 0 amide bonds. The van der Waals surface area contributed by atoms with Crippen molar-refractivity contribution < 1.29 is 4.74 Å². The molecule has 1 saturated heterocycles. The molecule has 1 rings (SSSR count). The largest absolute Gasteiger partial charge is 0.375 e. The Balaban J connectivity index is 2.55. The highest BCUT2D eigenvalue weighted by molar-refractivity contribution is 4.86. The van der Waals surface area contributed by atoms with Crippen molar-refractivity contribution in [3.63, 3.8) is 0 Å². The molecule has 0 aromatic rings. The van der Waals surface area contributed by atoms with Crippen LogP contribution in [0.2, 0.25) is 0 Å². The van der Waals surface area contributed by atoms with Crippen LogP contribution in [0.15, 0.2) is 0 Å². The van der Waals surface area contributed by atoms with Gasteiger partial charge in [-0.1, -0.05) is 33.6 Å². The summed E-state index contributed by atoms with van der Waals surface area (Å²) in [5.74, 6) is 0. The van der Waals surface area contributed by atoms with E-state index in [0.29, 0.717) is 17.6 Å². The summed E-state index contributed by atoms with van der Waals surface area (Å²) in [6, 6.07) is 0. The van der Waals surface area contributed by atoms with Gasteiger partial charge in [0.25, 0.3) is 0 Å². The Labute approximate surface area is 114 Å². The van der Waals surface area contributed by atoms with E-state index in [1.165, 1.54) is 44.9 Å². The second-order valence-corrected chi connectivity index (χ2v) is 6.09. The van der Waals surface area contributed by atoms with Gasteiger partial charge in [0.1, 0.15) is 0 Å². The first kappa shape index (κ1) is 16.0. The lowest BCUT2D eigenvalue weighted by Crippen LogP contribution is -2.37.